The number of carbonyl (C=O) groups excluding carboxylic acids is 1. The summed E-state index contributed by atoms with van der Waals surface area (Å²) in [5.74, 6) is 0.00243. The molecule has 0 aliphatic rings. The molecule has 27 heavy (non-hydrogen) atoms. The van der Waals surface area contributed by atoms with Crippen molar-refractivity contribution < 1.29 is 18.0 Å². The van der Waals surface area contributed by atoms with Crippen molar-refractivity contribution in [2.75, 3.05) is 5.32 Å². The molecule has 1 N–H and O–H groups in total. The molecule has 2 aromatic carbocycles. The lowest BCUT2D eigenvalue weighted by Crippen LogP contribution is -2.10. The molecule has 0 aliphatic heterocycles. The summed E-state index contributed by atoms with van der Waals surface area (Å²) in [5, 5.41) is 2.40. The molecule has 4 nitrogen and oxygen atoms in total. The quantitative estimate of drug-likeness (QED) is 0.671. The fraction of sp³-hybridized carbons (Fsp3) is 0.0500. The maximum absolute atomic E-state index is 12.7. The lowest BCUT2D eigenvalue weighted by molar-refractivity contribution is -0.137. The van der Waals surface area contributed by atoms with Gasteiger partial charge in [0.1, 0.15) is 0 Å². The summed E-state index contributed by atoms with van der Waals surface area (Å²) in [6.07, 6.45) is 1.35. The molecule has 1 aromatic heterocycles. The molecule has 0 atom stereocenters. The Kier molecular flexibility index (Phi) is 5.30. The third-order valence-corrected chi connectivity index (χ3v) is 3.59. The van der Waals surface area contributed by atoms with Gasteiger partial charge in [-0.1, -0.05) is 36.4 Å². The van der Waals surface area contributed by atoms with Gasteiger partial charge in [-0.3, -0.25) is 4.79 Å². The second kappa shape index (κ2) is 7.82. The molecular formula is C20H14F3N3O. The number of nitrogens with zero attached hydrogens (tertiary/aromatic N) is 2. The van der Waals surface area contributed by atoms with Gasteiger partial charge >= 0.3 is 6.18 Å². The SMILES string of the molecule is O=C(C=Cc1cnc(-c2ccccc2)nc1)Nc1cccc(C(F)(F)F)c1. The van der Waals surface area contributed by atoms with Crippen LogP contribution < -0.4 is 5.32 Å². The zero-order valence-electron chi connectivity index (χ0n) is 13.9. The van der Waals surface area contributed by atoms with Gasteiger partial charge in [-0.2, -0.15) is 13.2 Å². The van der Waals surface area contributed by atoms with Gasteiger partial charge < -0.3 is 5.32 Å². The normalized spacial score (nSPS) is 11.5. The number of anilines is 1. The highest BCUT2D eigenvalue weighted by Crippen LogP contribution is 2.30. The number of aromatic nitrogens is 2. The Hall–Kier alpha value is -3.48. The minimum atomic E-state index is -4.46. The monoisotopic (exact) mass is 369 g/mol. The summed E-state index contributed by atoms with van der Waals surface area (Å²) in [6.45, 7) is 0. The summed E-state index contributed by atoms with van der Waals surface area (Å²) in [6, 6.07) is 13.9. The van der Waals surface area contributed by atoms with Gasteiger partial charge in [-0.15, -0.1) is 0 Å². The van der Waals surface area contributed by atoms with E-state index in [9.17, 15) is 18.0 Å². The van der Waals surface area contributed by atoms with Crippen LogP contribution in [0.2, 0.25) is 0 Å². The van der Waals surface area contributed by atoms with Crippen LogP contribution in [0.5, 0.6) is 0 Å². The number of carbonyl (C=O) groups is 1. The van der Waals surface area contributed by atoms with Crippen molar-refractivity contribution in [3.63, 3.8) is 0 Å². The number of amides is 1. The lowest BCUT2D eigenvalue weighted by atomic mass is 10.2. The van der Waals surface area contributed by atoms with Gasteiger partial charge in [-0.25, -0.2) is 9.97 Å². The predicted molar refractivity (Wildman–Crippen MR) is 96.6 cm³/mol. The third-order valence-electron chi connectivity index (χ3n) is 3.59. The Morgan fingerprint density at radius 3 is 2.33 bits per heavy atom. The van der Waals surface area contributed by atoms with Crippen LogP contribution in [0.25, 0.3) is 17.5 Å². The Morgan fingerprint density at radius 1 is 0.963 bits per heavy atom. The molecule has 0 unspecified atom stereocenters. The van der Waals surface area contributed by atoms with Crippen LogP contribution in [0.1, 0.15) is 11.1 Å². The fourth-order valence-corrected chi connectivity index (χ4v) is 2.29. The second-order valence-corrected chi connectivity index (χ2v) is 5.61. The molecule has 0 bridgehead atoms. The van der Waals surface area contributed by atoms with Crippen LogP contribution in [-0.2, 0) is 11.0 Å². The second-order valence-electron chi connectivity index (χ2n) is 5.61. The topological polar surface area (TPSA) is 54.9 Å². The van der Waals surface area contributed by atoms with E-state index >= 15 is 0 Å². The molecule has 0 fully saturated rings. The van der Waals surface area contributed by atoms with Crippen LogP contribution in [0.15, 0.2) is 73.1 Å². The van der Waals surface area contributed by atoms with Gasteiger partial charge in [0, 0.05) is 35.3 Å². The molecular weight excluding hydrogens is 355 g/mol. The van der Waals surface area contributed by atoms with Crippen molar-refractivity contribution in [2.24, 2.45) is 0 Å². The van der Waals surface area contributed by atoms with E-state index in [2.05, 4.69) is 15.3 Å². The first kappa shape index (κ1) is 18.3. The van der Waals surface area contributed by atoms with Gasteiger partial charge in [0.05, 0.1) is 5.56 Å². The Balaban J connectivity index is 1.65. The van der Waals surface area contributed by atoms with Crippen molar-refractivity contribution in [3.05, 3.63) is 84.2 Å². The van der Waals surface area contributed by atoms with Gasteiger partial charge in [0.25, 0.3) is 0 Å². The predicted octanol–water partition coefficient (Wildman–Crippen LogP) is 4.81. The van der Waals surface area contributed by atoms with Crippen LogP contribution in [0.3, 0.4) is 0 Å². The number of benzene rings is 2. The molecule has 0 aliphatic carbocycles. The average Bonchev–Trinajstić information content (AvgIpc) is 2.67. The molecule has 1 amide bonds. The van der Waals surface area contributed by atoms with E-state index in [1.807, 2.05) is 30.3 Å². The highest BCUT2D eigenvalue weighted by Gasteiger charge is 2.30. The molecule has 0 saturated heterocycles. The standard InChI is InChI=1S/C20H14F3N3O/c21-20(22,23)16-7-4-8-17(11-16)26-18(27)10-9-14-12-24-19(25-13-14)15-5-2-1-3-6-15/h1-13H,(H,26,27). The Bertz CT molecular complexity index is 952. The number of alkyl halides is 3. The summed E-state index contributed by atoms with van der Waals surface area (Å²) < 4.78 is 38.1. The molecule has 136 valence electrons. The molecule has 1 heterocycles. The first-order valence-corrected chi connectivity index (χ1v) is 7.95. The van der Waals surface area contributed by atoms with Crippen molar-refractivity contribution >= 4 is 17.7 Å². The summed E-state index contributed by atoms with van der Waals surface area (Å²) >= 11 is 0. The van der Waals surface area contributed by atoms with E-state index in [0.717, 1.165) is 17.7 Å². The maximum atomic E-state index is 12.7. The van der Waals surface area contributed by atoms with Gasteiger partial charge in [0.15, 0.2) is 5.82 Å². The van der Waals surface area contributed by atoms with Crippen LogP contribution in [-0.4, -0.2) is 15.9 Å². The highest BCUT2D eigenvalue weighted by molar-refractivity contribution is 6.01. The number of halogens is 3. The minimum absolute atomic E-state index is 0.0650. The molecule has 7 heteroatoms. The van der Waals surface area contributed by atoms with E-state index in [1.54, 1.807) is 12.4 Å². The molecule has 0 spiro atoms. The Labute approximate surface area is 153 Å². The smallest absolute Gasteiger partial charge is 0.322 e. The van der Waals surface area contributed by atoms with Crippen molar-refractivity contribution in [3.8, 4) is 11.4 Å². The maximum Gasteiger partial charge on any atom is 0.416 e. The number of rotatable bonds is 4. The molecule has 0 saturated carbocycles. The summed E-state index contributed by atoms with van der Waals surface area (Å²) in [4.78, 5) is 20.4. The van der Waals surface area contributed by atoms with Crippen LogP contribution in [0.4, 0.5) is 18.9 Å². The average molecular weight is 369 g/mol. The zero-order valence-corrected chi connectivity index (χ0v) is 13.9. The lowest BCUT2D eigenvalue weighted by Gasteiger charge is -2.08. The molecule has 3 rings (SSSR count). The molecule has 3 aromatic rings. The van der Waals surface area contributed by atoms with E-state index in [-0.39, 0.29) is 5.69 Å². The zero-order chi connectivity index (χ0) is 19.3. The fourth-order valence-electron chi connectivity index (χ4n) is 2.29. The summed E-state index contributed by atoms with van der Waals surface area (Å²) in [5.41, 5.74) is 0.702. The number of hydrogen-bond donors (Lipinski definition) is 1. The molecule has 0 radical (unpaired) electrons. The third kappa shape index (κ3) is 5.01. The highest BCUT2D eigenvalue weighted by atomic mass is 19.4. The Morgan fingerprint density at radius 2 is 1.67 bits per heavy atom. The van der Waals surface area contributed by atoms with Crippen LogP contribution >= 0.6 is 0 Å². The van der Waals surface area contributed by atoms with Crippen molar-refractivity contribution in [1.29, 1.82) is 0 Å². The number of hydrogen-bond acceptors (Lipinski definition) is 3. The van der Waals surface area contributed by atoms with Crippen molar-refractivity contribution in [1.82, 2.24) is 9.97 Å². The van der Waals surface area contributed by atoms with E-state index in [4.69, 9.17) is 0 Å². The van der Waals surface area contributed by atoms with Crippen LogP contribution in [0, 0.1) is 0 Å². The van der Waals surface area contributed by atoms with Gasteiger partial charge in [-0.05, 0) is 24.3 Å². The first-order chi connectivity index (χ1) is 12.9. The van der Waals surface area contributed by atoms with E-state index < -0.39 is 17.6 Å². The largest absolute Gasteiger partial charge is 0.416 e. The van der Waals surface area contributed by atoms with Gasteiger partial charge in [0.2, 0.25) is 5.91 Å². The van der Waals surface area contributed by atoms with Crippen molar-refractivity contribution in [2.45, 2.75) is 6.18 Å². The summed E-state index contributed by atoms with van der Waals surface area (Å²) in [7, 11) is 0. The first-order valence-electron chi connectivity index (χ1n) is 7.95. The van der Waals surface area contributed by atoms with E-state index in [0.29, 0.717) is 11.4 Å². The number of nitrogens with one attached hydrogen (secondary N) is 1. The van der Waals surface area contributed by atoms with E-state index in [1.165, 1.54) is 24.3 Å². The minimum Gasteiger partial charge on any atom is -0.322 e.